The molecule has 130 valence electrons. The molecule has 0 unspecified atom stereocenters. The van der Waals surface area contributed by atoms with E-state index >= 15 is 0 Å². The first-order valence-corrected chi connectivity index (χ1v) is 8.68. The quantitative estimate of drug-likeness (QED) is 0.893. The van der Waals surface area contributed by atoms with Crippen LogP contribution in [0.25, 0.3) is 10.9 Å². The summed E-state index contributed by atoms with van der Waals surface area (Å²) in [6.45, 7) is 4.09. The lowest BCUT2D eigenvalue weighted by Crippen LogP contribution is -2.23. The number of aromatic nitrogens is 3. The number of anilines is 2. The van der Waals surface area contributed by atoms with Gasteiger partial charge in [-0.25, -0.2) is 15.0 Å². The predicted molar refractivity (Wildman–Crippen MR) is 99.5 cm³/mol. The molecule has 1 saturated carbocycles. The number of rotatable bonds is 3. The van der Waals surface area contributed by atoms with E-state index in [9.17, 15) is 5.11 Å². The zero-order valence-electron chi connectivity index (χ0n) is 14.8. The third-order valence-corrected chi connectivity index (χ3v) is 5.39. The van der Waals surface area contributed by atoms with Crippen LogP contribution in [0.4, 0.5) is 11.6 Å². The van der Waals surface area contributed by atoms with Crippen LogP contribution in [0.1, 0.15) is 38.3 Å². The molecule has 0 aliphatic heterocycles. The molecule has 2 atom stereocenters. The Morgan fingerprint density at radius 1 is 1.24 bits per heavy atom. The summed E-state index contributed by atoms with van der Waals surface area (Å²) >= 11 is 0. The molecule has 0 saturated heterocycles. The number of aliphatic hydroxyl groups excluding tert-OH is 1. The van der Waals surface area contributed by atoms with Crippen LogP contribution in [0.15, 0.2) is 35.9 Å². The maximum Gasteiger partial charge on any atom is 0.134 e. The molecule has 2 aliphatic carbocycles. The molecule has 6 nitrogen and oxygen atoms in total. The largest absolute Gasteiger partial charge is 0.512 e. The molecule has 1 fully saturated rings. The fraction of sp³-hybridized carbons (Fsp3) is 0.421. The van der Waals surface area contributed by atoms with Crippen molar-refractivity contribution in [2.24, 2.45) is 5.92 Å². The molecular formula is C19H23N5O. The van der Waals surface area contributed by atoms with E-state index in [-0.39, 0.29) is 11.8 Å². The Labute approximate surface area is 147 Å². The zero-order chi connectivity index (χ0) is 17.7. The van der Waals surface area contributed by atoms with Gasteiger partial charge in [0.2, 0.25) is 0 Å². The molecule has 2 aromatic heterocycles. The Balaban J connectivity index is 1.94. The Bertz CT molecular complexity index is 900. The van der Waals surface area contributed by atoms with Crippen LogP contribution in [0, 0.1) is 5.92 Å². The number of pyridine rings is 1. The first-order valence-electron chi connectivity index (χ1n) is 8.68. The number of hydrogen-bond acceptors (Lipinski definition) is 6. The van der Waals surface area contributed by atoms with Crippen molar-refractivity contribution in [3.05, 3.63) is 41.6 Å². The van der Waals surface area contributed by atoms with E-state index in [4.69, 9.17) is 10.7 Å². The van der Waals surface area contributed by atoms with Gasteiger partial charge in [-0.05, 0) is 31.9 Å². The third-order valence-electron chi connectivity index (χ3n) is 5.39. The molecule has 0 spiro atoms. The maximum atomic E-state index is 10.3. The van der Waals surface area contributed by atoms with E-state index < -0.39 is 0 Å². The van der Waals surface area contributed by atoms with Gasteiger partial charge in [0.15, 0.2) is 0 Å². The summed E-state index contributed by atoms with van der Waals surface area (Å²) in [5, 5.41) is 11.1. The number of aliphatic hydroxyl groups is 1. The van der Waals surface area contributed by atoms with E-state index in [0.29, 0.717) is 17.6 Å². The SMILES string of the molecule is CC1=CC=C(O)[C@@H](C)[C@H]1c1nc(N(C)C2CC2)cc2c(N)ncnc12. The van der Waals surface area contributed by atoms with Gasteiger partial charge in [0, 0.05) is 30.3 Å². The van der Waals surface area contributed by atoms with Gasteiger partial charge in [-0.1, -0.05) is 18.6 Å². The van der Waals surface area contributed by atoms with Crippen LogP contribution < -0.4 is 10.6 Å². The van der Waals surface area contributed by atoms with Gasteiger partial charge in [0.1, 0.15) is 18.0 Å². The number of hydrogen-bond donors (Lipinski definition) is 2. The Morgan fingerprint density at radius 2 is 2.00 bits per heavy atom. The van der Waals surface area contributed by atoms with Gasteiger partial charge in [-0.2, -0.15) is 0 Å². The summed E-state index contributed by atoms with van der Waals surface area (Å²) in [6.07, 6.45) is 7.58. The zero-order valence-corrected chi connectivity index (χ0v) is 14.8. The smallest absolute Gasteiger partial charge is 0.134 e. The van der Waals surface area contributed by atoms with Gasteiger partial charge in [-0.3, -0.25) is 0 Å². The van der Waals surface area contributed by atoms with E-state index in [1.165, 1.54) is 19.2 Å². The van der Waals surface area contributed by atoms with Crippen LogP contribution in [-0.4, -0.2) is 33.1 Å². The van der Waals surface area contributed by atoms with Crippen LogP contribution in [0.2, 0.25) is 0 Å². The van der Waals surface area contributed by atoms with Crippen LogP contribution in [0.3, 0.4) is 0 Å². The van der Waals surface area contributed by atoms with Crippen molar-refractivity contribution in [3.63, 3.8) is 0 Å². The van der Waals surface area contributed by atoms with Crippen LogP contribution >= 0.6 is 0 Å². The highest BCUT2D eigenvalue weighted by molar-refractivity contribution is 5.92. The van der Waals surface area contributed by atoms with Gasteiger partial charge in [0.25, 0.3) is 0 Å². The summed E-state index contributed by atoms with van der Waals surface area (Å²) in [5.41, 5.74) is 8.91. The number of allylic oxidation sites excluding steroid dienone is 4. The summed E-state index contributed by atoms with van der Waals surface area (Å²) in [6, 6.07) is 2.52. The van der Waals surface area contributed by atoms with Crippen molar-refractivity contribution in [3.8, 4) is 0 Å². The lowest BCUT2D eigenvalue weighted by atomic mass is 9.79. The molecule has 4 rings (SSSR count). The highest BCUT2D eigenvalue weighted by atomic mass is 16.3. The van der Waals surface area contributed by atoms with E-state index in [1.54, 1.807) is 6.08 Å². The minimum absolute atomic E-state index is 0.0330. The molecule has 0 aromatic carbocycles. The summed E-state index contributed by atoms with van der Waals surface area (Å²) < 4.78 is 0. The monoisotopic (exact) mass is 337 g/mol. The normalized spacial score (nSPS) is 23.3. The van der Waals surface area contributed by atoms with Gasteiger partial charge >= 0.3 is 0 Å². The third kappa shape index (κ3) is 2.62. The lowest BCUT2D eigenvalue weighted by Gasteiger charge is -2.29. The highest BCUT2D eigenvalue weighted by Gasteiger charge is 2.32. The first kappa shape index (κ1) is 15.9. The van der Waals surface area contributed by atoms with E-state index in [0.717, 1.165) is 28.0 Å². The molecule has 2 aromatic rings. The second-order valence-electron chi connectivity index (χ2n) is 7.13. The summed E-state index contributed by atoms with van der Waals surface area (Å²) in [4.78, 5) is 15.8. The molecule has 0 bridgehead atoms. The van der Waals surface area contributed by atoms with Crippen LogP contribution in [-0.2, 0) is 0 Å². The molecule has 3 N–H and O–H groups in total. The van der Waals surface area contributed by atoms with E-state index in [2.05, 4.69) is 28.8 Å². The molecule has 0 radical (unpaired) electrons. The van der Waals surface area contributed by atoms with E-state index in [1.807, 2.05) is 19.1 Å². The fourth-order valence-corrected chi connectivity index (χ4v) is 3.63. The number of nitrogens with zero attached hydrogens (tertiary/aromatic N) is 4. The van der Waals surface area contributed by atoms with Crippen molar-refractivity contribution in [1.29, 1.82) is 0 Å². The second kappa shape index (κ2) is 5.72. The summed E-state index contributed by atoms with van der Waals surface area (Å²) in [7, 11) is 2.07. The minimum Gasteiger partial charge on any atom is -0.512 e. The number of fused-ring (bicyclic) bond motifs is 1. The molecule has 25 heavy (non-hydrogen) atoms. The topological polar surface area (TPSA) is 88.2 Å². The van der Waals surface area contributed by atoms with Crippen LogP contribution in [0.5, 0.6) is 0 Å². The van der Waals surface area contributed by atoms with Gasteiger partial charge in [-0.15, -0.1) is 0 Å². The van der Waals surface area contributed by atoms with Crippen molar-refractivity contribution in [2.45, 2.75) is 38.6 Å². The second-order valence-corrected chi connectivity index (χ2v) is 7.13. The molecule has 0 amide bonds. The standard InChI is InChI=1S/C19H23N5O/c1-10-4-7-14(25)11(2)16(10)18-17-13(19(20)22-9-21-17)8-15(23-18)24(3)12-5-6-12/h4,7-9,11-12,16,25H,5-6H2,1-3H3,(H2,20,21,22)/t11-,16+/m1/s1. The number of nitrogen functional groups attached to an aromatic ring is 1. The van der Waals surface area contributed by atoms with Crippen molar-refractivity contribution in [2.75, 3.05) is 17.7 Å². The Morgan fingerprint density at radius 3 is 2.72 bits per heavy atom. The van der Waals surface area contributed by atoms with Crippen molar-refractivity contribution < 1.29 is 5.11 Å². The maximum absolute atomic E-state index is 10.3. The lowest BCUT2D eigenvalue weighted by molar-refractivity contribution is 0.319. The Kier molecular flexibility index (Phi) is 3.63. The van der Waals surface area contributed by atoms with Gasteiger partial charge < -0.3 is 15.7 Å². The average molecular weight is 337 g/mol. The predicted octanol–water partition coefficient (Wildman–Crippen LogP) is 3.33. The van der Waals surface area contributed by atoms with Gasteiger partial charge in [0.05, 0.1) is 17.0 Å². The molecule has 6 heteroatoms. The fourth-order valence-electron chi connectivity index (χ4n) is 3.63. The Hall–Kier alpha value is -2.63. The minimum atomic E-state index is -0.0571. The van der Waals surface area contributed by atoms with Crippen molar-refractivity contribution >= 4 is 22.5 Å². The first-order chi connectivity index (χ1) is 12.0. The summed E-state index contributed by atoms with van der Waals surface area (Å²) in [5.74, 6) is 1.63. The molecular weight excluding hydrogens is 314 g/mol. The molecule has 2 aliphatic rings. The number of nitrogens with two attached hydrogens (primary N) is 1. The average Bonchev–Trinajstić information content (AvgIpc) is 3.43. The highest BCUT2D eigenvalue weighted by Crippen LogP contribution is 2.41. The molecule has 2 heterocycles. The van der Waals surface area contributed by atoms with Crippen molar-refractivity contribution in [1.82, 2.24) is 15.0 Å².